The van der Waals surface area contributed by atoms with Gasteiger partial charge in [0.1, 0.15) is 11.4 Å². The molecule has 0 N–H and O–H groups in total. The van der Waals surface area contributed by atoms with Crippen LogP contribution >= 0.6 is 0 Å². The number of methoxy groups -OCH3 is 1. The molecule has 1 aromatic carbocycles. The number of ether oxygens (including phenoxy) is 1. The predicted molar refractivity (Wildman–Crippen MR) is 101 cm³/mol. The second-order valence-corrected chi connectivity index (χ2v) is 7.36. The number of piperazine rings is 1. The second-order valence-electron chi connectivity index (χ2n) is 7.36. The molecule has 0 saturated carbocycles. The molecule has 0 spiro atoms. The lowest BCUT2D eigenvalue weighted by molar-refractivity contribution is -0.138. The van der Waals surface area contributed by atoms with E-state index in [-0.39, 0.29) is 17.7 Å². The van der Waals surface area contributed by atoms with Crippen LogP contribution < -0.4 is 4.74 Å². The van der Waals surface area contributed by atoms with Crippen molar-refractivity contribution in [3.8, 4) is 5.75 Å². The highest BCUT2D eigenvalue weighted by Crippen LogP contribution is 2.33. The molecule has 6 nitrogen and oxygen atoms in total. The van der Waals surface area contributed by atoms with Crippen LogP contribution in [0.2, 0.25) is 0 Å². The maximum absolute atomic E-state index is 13.1. The zero-order valence-electron chi connectivity index (χ0n) is 16.0. The molecule has 2 aliphatic rings. The summed E-state index contributed by atoms with van der Waals surface area (Å²) in [5, 5.41) is 0. The maximum Gasteiger partial charge on any atom is 0.277 e. The minimum atomic E-state index is -0.192. The van der Waals surface area contributed by atoms with E-state index in [1.807, 2.05) is 38.1 Å². The summed E-state index contributed by atoms with van der Waals surface area (Å²) in [7, 11) is 3.68. The van der Waals surface area contributed by atoms with E-state index >= 15 is 0 Å². The lowest BCUT2D eigenvalue weighted by Crippen LogP contribution is -2.46. The van der Waals surface area contributed by atoms with Crippen molar-refractivity contribution in [2.24, 2.45) is 5.92 Å². The number of hydrogen-bond donors (Lipinski definition) is 0. The summed E-state index contributed by atoms with van der Waals surface area (Å²) in [6.45, 7) is 7.73. The smallest absolute Gasteiger partial charge is 0.277 e. The van der Waals surface area contributed by atoms with Crippen molar-refractivity contribution in [2.75, 3.05) is 46.9 Å². The van der Waals surface area contributed by atoms with Gasteiger partial charge in [-0.2, -0.15) is 0 Å². The third kappa shape index (κ3) is 3.46. The Morgan fingerprint density at radius 3 is 2.15 bits per heavy atom. The first-order valence-electron chi connectivity index (χ1n) is 9.10. The number of nitrogens with zero attached hydrogens (tertiary/aromatic N) is 3. The predicted octanol–water partition coefficient (Wildman–Crippen LogP) is 1.68. The molecule has 0 atom stereocenters. The molecule has 0 aromatic heterocycles. The minimum absolute atomic E-state index is 0.168. The molecule has 2 amide bonds. The van der Waals surface area contributed by atoms with Gasteiger partial charge >= 0.3 is 0 Å². The van der Waals surface area contributed by atoms with Crippen LogP contribution in [0.1, 0.15) is 19.4 Å². The Bertz CT molecular complexity index is 716. The number of rotatable bonds is 5. The fraction of sp³-hybridized carbons (Fsp3) is 0.500. The molecule has 2 heterocycles. The summed E-state index contributed by atoms with van der Waals surface area (Å²) < 4.78 is 5.21. The van der Waals surface area contributed by atoms with Crippen molar-refractivity contribution in [1.82, 2.24) is 14.7 Å². The van der Waals surface area contributed by atoms with Crippen molar-refractivity contribution < 1.29 is 14.3 Å². The van der Waals surface area contributed by atoms with Gasteiger partial charge < -0.3 is 14.5 Å². The van der Waals surface area contributed by atoms with E-state index in [1.165, 1.54) is 4.90 Å². The van der Waals surface area contributed by atoms with Crippen LogP contribution in [0.15, 0.2) is 30.0 Å². The molecule has 0 radical (unpaired) electrons. The molecule has 0 bridgehead atoms. The zero-order chi connectivity index (χ0) is 18.8. The third-order valence-corrected chi connectivity index (χ3v) is 4.89. The van der Waals surface area contributed by atoms with Crippen LogP contribution in [0.5, 0.6) is 5.75 Å². The van der Waals surface area contributed by atoms with Crippen molar-refractivity contribution >= 4 is 17.4 Å². The summed E-state index contributed by atoms with van der Waals surface area (Å²) in [5.41, 5.74) is 1.83. The number of imide groups is 1. The molecule has 26 heavy (non-hydrogen) atoms. The Kier molecular flexibility index (Phi) is 5.32. The van der Waals surface area contributed by atoms with Gasteiger partial charge in [-0.1, -0.05) is 26.0 Å². The molecule has 1 saturated heterocycles. The summed E-state index contributed by atoms with van der Waals surface area (Å²) in [5.74, 6) is 0.597. The molecule has 1 fully saturated rings. The largest absolute Gasteiger partial charge is 0.497 e. The third-order valence-electron chi connectivity index (χ3n) is 4.89. The van der Waals surface area contributed by atoms with Gasteiger partial charge in [-0.25, -0.2) is 0 Å². The van der Waals surface area contributed by atoms with E-state index in [4.69, 9.17) is 4.74 Å². The molecule has 140 valence electrons. The number of amides is 2. The van der Waals surface area contributed by atoms with Crippen LogP contribution in [-0.2, 0) is 9.59 Å². The highest BCUT2D eigenvalue weighted by molar-refractivity contribution is 6.35. The molecular formula is C20H27N3O3. The number of benzene rings is 1. The fourth-order valence-corrected chi connectivity index (χ4v) is 3.44. The topological polar surface area (TPSA) is 53.1 Å². The van der Waals surface area contributed by atoms with Crippen molar-refractivity contribution in [2.45, 2.75) is 13.8 Å². The standard InChI is InChI=1S/C20H27N3O3/c1-14(2)13-23-19(24)17(15-5-7-16(26-4)8-6-15)18(20(23)25)22-11-9-21(3)10-12-22/h5-8,14H,9-13H2,1-4H3. The van der Waals surface area contributed by atoms with Gasteiger partial charge in [-0.05, 0) is 30.7 Å². The molecule has 3 rings (SSSR count). The van der Waals surface area contributed by atoms with Crippen LogP contribution in [-0.4, -0.2) is 73.4 Å². The quantitative estimate of drug-likeness (QED) is 0.751. The summed E-state index contributed by atoms with van der Waals surface area (Å²) >= 11 is 0. The highest BCUT2D eigenvalue weighted by atomic mass is 16.5. The van der Waals surface area contributed by atoms with Gasteiger partial charge in [0.25, 0.3) is 11.8 Å². The Labute approximate surface area is 155 Å². The Morgan fingerprint density at radius 2 is 1.62 bits per heavy atom. The molecule has 6 heteroatoms. The van der Waals surface area contributed by atoms with Crippen LogP contribution in [0, 0.1) is 5.92 Å². The monoisotopic (exact) mass is 357 g/mol. The number of hydrogen-bond acceptors (Lipinski definition) is 5. The lowest BCUT2D eigenvalue weighted by atomic mass is 10.0. The van der Waals surface area contributed by atoms with Gasteiger partial charge in [-0.3, -0.25) is 14.5 Å². The van der Waals surface area contributed by atoms with Crippen LogP contribution in [0.25, 0.3) is 5.57 Å². The molecule has 0 aliphatic carbocycles. The van der Waals surface area contributed by atoms with Gasteiger partial charge in [0.05, 0.1) is 12.7 Å². The van der Waals surface area contributed by atoms with Gasteiger partial charge in [0.2, 0.25) is 0 Å². The normalized spacial score (nSPS) is 19.1. The van der Waals surface area contributed by atoms with Crippen molar-refractivity contribution in [1.29, 1.82) is 0 Å². The van der Waals surface area contributed by atoms with Crippen LogP contribution in [0.4, 0.5) is 0 Å². The number of likely N-dealkylation sites (N-methyl/N-ethyl adjacent to an activating group) is 1. The Morgan fingerprint density at radius 1 is 1.00 bits per heavy atom. The molecule has 1 aromatic rings. The van der Waals surface area contributed by atoms with Crippen LogP contribution in [0.3, 0.4) is 0 Å². The Hall–Kier alpha value is -2.34. The second kappa shape index (κ2) is 7.50. The van der Waals surface area contributed by atoms with E-state index in [1.54, 1.807) is 7.11 Å². The van der Waals surface area contributed by atoms with Gasteiger partial charge in [0.15, 0.2) is 0 Å². The average Bonchev–Trinajstić information content (AvgIpc) is 2.87. The van der Waals surface area contributed by atoms with Crippen molar-refractivity contribution in [3.05, 3.63) is 35.5 Å². The highest BCUT2D eigenvalue weighted by Gasteiger charge is 2.42. The summed E-state index contributed by atoms with van der Waals surface area (Å²) in [6.07, 6.45) is 0. The first kappa shape index (κ1) is 18.5. The zero-order valence-corrected chi connectivity index (χ0v) is 16.0. The van der Waals surface area contributed by atoms with E-state index in [2.05, 4.69) is 16.8 Å². The molecular weight excluding hydrogens is 330 g/mol. The fourth-order valence-electron chi connectivity index (χ4n) is 3.44. The van der Waals surface area contributed by atoms with E-state index in [9.17, 15) is 9.59 Å². The first-order chi connectivity index (χ1) is 12.4. The SMILES string of the molecule is COc1ccc(C2=C(N3CCN(C)CC3)C(=O)N(CC(C)C)C2=O)cc1. The maximum atomic E-state index is 13.1. The molecule has 2 aliphatic heterocycles. The van der Waals surface area contributed by atoms with E-state index in [0.29, 0.717) is 17.8 Å². The average molecular weight is 357 g/mol. The first-order valence-corrected chi connectivity index (χ1v) is 9.10. The number of carbonyl (C=O) groups is 2. The summed E-state index contributed by atoms with van der Waals surface area (Å²) in [6, 6.07) is 7.36. The molecule has 0 unspecified atom stereocenters. The van der Waals surface area contributed by atoms with Crippen molar-refractivity contribution in [3.63, 3.8) is 0 Å². The van der Waals surface area contributed by atoms with E-state index in [0.717, 1.165) is 37.5 Å². The number of carbonyl (C=O) groups excluding carboxylic acids is 2. The minimum Gasteiger partial charge on any atom is -0.497 e. The lowest BCUT2D eigenvalue weighted by Gasteiger charge is -2.34. The van der Waals surface area contributed by atoms with Gasteiger partial charge in [0, 0.05) is 32.7 Å². The van der Waals surface area contributed by atoms with E-state index < -0.39 is 0 Å². The Balaban J connectivity index is 2.02. The summed E-state index contributed by atoms with van der Waals surface area (Å²) in [4.78, 5) is 31.9. The van der Waals surface area contributed by atoms with Gasteiger partial charge in [-0.15, -0.1) is 0 Å².